The summed E-state index contributed by atoms with van der Waals surface area (Å²) in [4.78, 5) is 8.55. The van der Waals surface area contributed by atoms with Crippen molar-refractivity contribution in [2.45, 2.75) is 6.04 Å². The number of anilines is 3. The van der Waals surface area contributed by atoms with Crippen LogP contribution in [0.3, 0.4) is 0 Å². The van der Waals surface area contributed by atoms with Crippen LogP contribution in [-0.2, 0) is 7.05 Å². The van der Waals surface area contributed by atoms with E-state index in [1.807, 2.05) is 31.3 Å². The minimum atomic E-state index is -0.399. The number of ether oxygens (including phenoxy) is 1. The van der Waals surface area contributed by atoms with Crippen LogP contribution in [0.15, 0.2) is 42.9 Å². The van der Waals surface area contributed by atoms with Crippen molar-refractivity contribution in [2.24, 2.45) is 7.05 Å². The van der Waals surface area contributed by atoms with Crippen molar-refractivity contribution in [3.63, 3.8) is 0 Å². The van der Waals surface area contributed by atoms with E-state index in [9.17, 15) is 5.11 Å². The number of rotatable bonds is 7. The molecule has 2 heterocycles. The molecule has 3 N–H and O–H groups in total. The Morgan fingerprint density at radius 1 is 1.35 bits per heavy atom. The summed E-state index contributed by atoms with van der Waals surface area (Å²) in [5, 5.41) is 20.4. The number of halogens is 1. The molecule has 0 aliphatic heterocycles. The number of aromatic nitrogens is 4. The first-order valence-corrected chi connectivity index (χ1v) is 8.26. The van der Waals surface area contributed by atoms with Gasteiger partial charge in [-0.15, -0.1) is 0 Å². The minimum Gasteiger partial charge on any atom is -0.497 e. The first kappa shape index (κ1) is 18.0. The van der Waals surface area contributed by atoms with Gasteiger partial charge in [0.25, 0.3) is 0 Å². The second-order valence-corrected chi connectivity index (χ2v) is 5.98. The summed E-state index contributed by atoms with van der Waals surface area (Å²) in [5.41, 5.74) is 1.61. The quantitative estimate of drug-likeness (QED) is 0.585. The van der Waals surface area contributed by atoms with Gasteiger partial charge in [0.1, 0.15) is 10.8 Å². The third-order valence-electron chi connectivity index (χ3n) is 3.69. The fourth-order valence-corrected chi connectivity index (χ4v) is 2.55. The van der Waals surface area contributed by atoms with E-state index in [2.05, 4.69) is 25.7 Å². The van der Waals surface area contributed by atoms with Gasteiger partial charge in [-0.25, -0.2) is 4.98 Å². The first-order chi connectivity index (χ1) is 12.6. The molecule has 1 unspecified atom stereocenters. The fourth-order valence-electron chi connectivity index (χ4n) is 2.40. The number of aliphatic hydroxyl groups excluding tert-OH is 1. The summed E-state index contributed by atoms with van der Waals surface area (Å²) in [6.07, 6.45) is 4.96. The Kier molecular flexibility index (Phi) is 5.55. The molecule has 2 aromatic heterocycles. The highest BCUT2D eigenvalue weighted by molar-refractivity contribution is 6.32. The molecule has 0 aliphatic rings. The van der Waals surface area contributed by atoms with Gasteiger partial charge in [-0.3, -0.25) is 4.68 Å². The van der Waals surface area contributed by atoms with Gasteiger partial charge in [0.2, 0.25) is 5.95 Å². The number of benzene rings is 1. The van der Waals surface area contributed by atoms with Crippen LogP contribution in [-0.4, -0.2) is 38.6 Å². The zero-order valence-electron chi connectivity index (χ0n) is 14.3. The topological polar surface area (TPSA) is 97.1 Å². The molecule has 0 saturated carbocycles. The van der Waals surface area contributed by atoms with Gasteiger partial charge >= 0.3 is 0 Å². The van der Waals surface area contributed by atoms with Crippen LogP contribution in [0, 0.1) is 0 Å². The van der Waals surface area contributed by atoms with Crippen LogP contribution in [0.25, 0.3) is 0 Å². The van der Waals surface area contributed by atoms with E-state index >= 15 is 0 Å². The van der Waals surface area contributed by atoms with E-state index < -0.39 is 6.04 Å². The molecule has 26 heavy (non-hydrogen) atoms. The number of hydrogen-bond donors (Lipinski definition) is 3. The fraction of sp³-hybridized carbons (Fsp3) is 0.235. The summed E-state index contributed by atoms with van der Waals surface area (Å²) >= 11 is 6.21. The maximum atomic E-state index is 9.79. The molecule has 0 fully saturated rings. The Labute approximate surface area is 155 Å². The zero-order valence-corrected chi connectivity index (χ0v) is 15.1. The van der Waals surface area contributed by atoms with Gasteiger partial charge in [-0.1, -0.05) is 23.7 Å². The van der Waals surface area contributed by atoms with Crippen LogP contribution in [0.1, 0.15) is 11.6 Å². The predicted octanol–water partition coefficient (Wildman–Crippen LogP) is 2.76. The van der Waals surface area contributed by atoms with E-state index in [-0.39, 0.29) is 6.61 Å². The lowest BCUT2D eigenvalue weighted by molar-refractivity contribution is 0.276. The Balaban J connectivity index is 1.81. The summed E-state index contributed by atoms with van der Waals surface area (Å²) < 4.78 is 6.90. The van der Waals surface area contributed by atoms with Crippen molar-refractivity contribution < 1.29 is 9.84 Å². The van der Waals surface area contributed by atoms with Gasteiger partial charge in [0.15, 0.2) is 5.82 Å². The summed E-state index contributed by atoms with van der Waals surface area (Å²) in [7, 11) is 3.42. The molecule has 3 rings (SSSR count). The van der Waals surface area contributed by atoms with E-state index in [4.69, 9.17) is 16.3 Å². The van der Waals surface area contributed by atoms with E-state index in [0.717, 1.165) is 11.3 Å². The Morgan fingerprint density at radius 3 is 2.88 bits per heavy atom. The van der Waals surface area contributed by atoms with E-state index in [0.29, 0.717) is 22.5 Å². The number of methoxy groups -OCH3 is 1. The second-order valence-electron chi connectivity index (χ2n) is 5.57. The van der Waals surface area contributed by atoms with Gasteiger partial charge in [-0.2, -0.15) is 10.1 Å². The summed E-state index contributed by atoms with van der Waals surface area (Å²) in [6.45, 7) is -0.140. The van der Waals surface area contributed by atoms with Gasteiger partial charge in [0, 0.05) is 13.2 Å². The van der Waals surface area contributed by atoms with Crippen molar-refractivity contribution in [3.05, 3.63) is 53.4 Å². The van der Waals surface area contributed by atoms with Gasteiger partial charge in [0.05, 0.1) is 37.8 Å². The average Bonchev–Trinajstić information content (AvgIpc) is 3.06. The van der Waals surface area contributed by atoms with Crippen LogP contribution in [0.4, 0.5) is 17.5 Å². The smallest absolute Gasteiger partial charge is 0.229 e. The molecule has 0 spiro atoms. The highest BCUT2D eigenvalue weighted by atomic mass is 35.5. The van der Waals surface area contributed by atoms with Crippen molar-refractivity contribution >= 4 is 29.1 Å². The lowest BCUT2D eigenvalue weighted by Crippen LogP contribution is -2.16. The third-order valence-corrected chi connectivity index (χ3v) is 3.97. The van der Waals surface area contributed by atoms with E-state index in [1.54, 1.807) is 24.2 Å². The van der Waals surface area contributed by atoms with Crippen LogP contribution in [0.2, 0.25) is 5.02 Å². The maximum absolute atomic E-state index is 9.79. The molecule has 1 aromatic carbocycles. The van der Waals surface area contributed by atoms with Crippen molar-refractivity contribution in [3.8, 4) is 5.75 Å². The molecule has 136 valence electrons. The Morgan fingerprint density at radius 2 is 2.19 bits per heavy atom. The molecule has 3 aromatic rings. The zero-order chi connectivity index (χ0) is 18.5. The lowest BCUT2D eigenvalue weighted by atomic mass is 10.1. The molecule has 0 bridgehead atoms. The normalized spacial score (nSPS) is 11.8. The van der Waals surface area contributed by atoms with Crippen LogP contribution >= 0.6 is 11.6 Å². The SMILES string of the molecule is COc1cccc(C(CO)Nc2nc(Nc3cnn(C)c3)ncc2Cl)c1. The average molecular weight is 375 g/mol. The largest absolute Gasteiger partial charge is 0.497 e. The standard InChI is InChI=1S/C17H19ClN6O2/c1-24-9-12(7-20-24)21-17-19-8-14(18)16(23-17)22-15(10-25)11-4-3-5-13(6-11)26-2/h3-9,15,25H,10H2,1-2H3,(H2,19,21,22,23). The summed E-state index contributed by atoms with van der Waals surface area (Å²) in [6, 6.07) is 7.03. The van der Waals surface area contributed by atoms with Crippen LogP contribution in [0.5, 0.6) is 5.75 Å². The van der Waals surface area contributed by atoms with Crippen molar-refractivity contribution in [2.75, 3.05) is 24.4 Å². The molecular formula is C17H19ClN6O2. The Bertz CT molecular complexity index is 885. The number of nitrogens with zero attached hydrogens (tertiary/aromatic N) is 4. The van der Waals surface area contributed by atoms with Crippen LogP contribution < -0.4 is 15.4 Å². The first-order valence-electron chi connectivity index (χ1n) is 7.88. The predicted molar refractivity (Wildman–Crippen MR) is 100.0 cm³/mol. The molecule has 0 saturated heterocycles. The Hall–Kier alpha value is -2.84. The van der Waals surface area contributed by atoms with Crippen molar-refractivity contribution in [1.29, 1.82) is 0 Å². The molecule has 0 aliphatic carbocycles. The molecular weight excluding hydrogens is 356 g/mol. The molecule has 0 radical (unpaired) electrons. The lowest BCUT2D eigenvalue weighted by Gasteiger charge is -2.19. The third kappa shape index (κ3) is 4.22. The van der Waals surface area contributed by atoms with Gasteiger partial charge in [-0.05, 0) is 17.7 Å². The molecule has 9 heteroatoms. The molecule has 1 atom stereocenters. The highest BCUT2D eigenvalue weighted by Crippen LogP contribution is 2.27. The number of aliphatic hydroxyl groups is 1. The minimum absolute atomic E-state index is 0.140. The summed E-state index contributed by atoms with van der Waals surface area (Å²) in [5.74, 6) is 1.48. The maximum Gasteiger partial charge on any atom is 0.229 e. The number of hydrogen-bond acceptors (Lipinski definition) is 7. The highest BCUT2D eigenvalue weighted by Gasteiger charge is 2.15. The second kappa shape index (κ2) is 8.03. The monoisotopic (exact) mass is 374 g/mol. The van der Waals surface area contributed by atoms with Gasteiger partial charge < -0.3 is 20.5 Å². The molecule has 8 nitrogen and oxygen atoms in total. The number of nitrogens with one attached hydrogen (secondary N) is 2. The van der Waals surface area contributed by atoms with Crippen molar-refractivity contribution in [1.82, 2.24) is 19.7 Å². The number of aryl methyl sites for hydroxylation is 1. The molecule has 0 amide bonds. The van der Waals surface area contributed by atoms with E-state index in [1.165, 1.54) is 6.20 Å².